The number of ether oxygens (including phenoxy) is 1. The second-order valence-electron chi connectivity index (χ2n) is 7.77. The number of rotatable bonds is 1. The minimum absolute atomic E-state index is 0.0200. The Morgan fingerprint density at radius 2 is 1.96 bits per heavy atom. The summed E-state index contributed by atoms with van der Waals surface area (Å²) < 4.78 is 5.42. The van der Waals surface area contributed by atoms with Gasteiger partial charge in [0.15, 0.2) is 0 Å². The van der Waals surface area contributed by atoms with Crippen LogP contribution in [0.3, 0.4) is 0 Å². The van der Waals surface area contributed by atoms with E-state index in [0.717, 1.165) is 12.0 Å². The lowest BCUT2D eigenvalue weighted by Gasteiger charge is -2.30. The number of allylic oxidation sites excluding steroid dienone is 1. The molecule has 1 aliphatic heterocycles. The van der Waals surface area contributed by atoms with Crippen LogP contribution < -0.4 is 0 Å². The van der Waals surface area contributed by atoms with Crippen LogP contribution in [0.25, 0.3) is 0 Å². The molecule has 2 bridgehead atoms. The van der Waals surface area contributed by atoms with Gasteiger partial charge in [0.1, 0.15) is 6.10 Å². The van der Waals surface area contributed by atoms with E-state index in [2.05, 4.69) is 6.08 Å². The SMILES string of the molecule is C/C1=C\CC[C@@](C)(O)/C=C/[C@@](O)(C(C)C)CCC2=C[C@H](C1)OC2=O. The van der Waals surface area contributed by atoms with Gasteiger partial charge in [-0.2, -0.15) is 0 Å². The average Bonchev–Trinajstić information content (AvgIpc) is 2.81. The molecule has 0 radical (unpaired) electrons. The van der Waals surface area contributed by atoms with Crippen molar-refractivity contribution in [1.29, 1.82) is 0 Å². The number of carbonyl (C=O) groups excluding carboxylic acids is 1. The zero-order valence-corrected chi connectivity index (χ0v) is 15.2. The Bertz CT molecular complexity index is 568. The molecule has 0 unspecified atom stereocenters. The van der Waals surface area contributed by atoms with Crippen molar-refractivity contribution >= 4 is 5.97 Å². The van der Waals surface area contributed by atoms with Gasteiger partial charge in [-0.15, -0.1) is 0 Å². The predicted octanol–water partition coefficient (Wildman–Crippen LogP) is 3.44. The van der Waals surface area contributed by atoms with Gasteiger partial charge in [0.25, 0.3) is 0 Å². The van der Waals surface area contributed by atoms with Crippen LogP contribution in [0.1, 0.15) is 59.8 Å². The van der Waals surface area contributed by atoms with Gasteiger partial charge in [-0.25, -0.2) is 4.79 Å². The molecule has 0 aromatic rings. The van der Waals surface area contributed by atoms with Crippen LogP contribution in [0.2, 0.25) is 0 Å². The first-order valence-electron chi connectivity index (χ1n) is 8.84. The zero-order valence-electron chi connectivity index (χ0n) is 15.2. The Morgan fingerprint density at radius 3 is 2.62 bits per heavy atom. The van der Waals surface area contributed by atoms with Crippen molar-refractivity contribution in [2.45, 2.75) is 77.1 Å². The average molecular weight is 334 g/mol. The van der Waals surface area contributed by atoms with Crippen LogP contribution in [0.4, 0.5) is 0 Å². The number of hydrogen-bond donors (Lipinski definition) is 2. The van der Waals surface area contributed by atoms with E-state index in [1.165, 1.54) is 0 Å². The second-order valence-corrected chi connectivity index (χ2v) is 7.77. The normalized spacial score (nSPS) is 38.8. The van der Waals surface area contributed by atoms with Crippen LogP contribution in [-0.2, 0) is 9.53 Å². The van der Waals surface area contributed by atoms with E-state index in [1.807, 2.05) is 26.8 Å². The molecular weight excluding hydrogens is 304 g/mol. The Morgan fingerprint density at radius 1 is 1.25 bits per heavy atom. The summed E-state index contributed by atoms with van der Waals surface area (Å²) in [6.07, 6.45) is 10.1. The monoisotopic (exact) mass is 334 g/mol. The largest absolute Gasteiger partial charge is 0.454 e. The van der Waals surface area contributed by atoms with Gasteiger partial charge in [-0.05, 0) is 51.5 Å². The van der Waals surface area contributed by atoms with Crippen molar-refractivity contribution in [1.82, 2.24) is 0 Å². The molecule has 4 nitrogen and oxygen atoms in total. The number of fused-ring (bicyclic) bond motifs is 1. The van der Waals surface area contributed by atoms with E-state index in [1.54, 1.807) is 19.1 Å². The van der Waals surface area contributed by atoms with E-state index < -0.39 is 11.2 Å². The molecule has 1 heterocycles. The third kappa shape index (κ3) is 4.81. The molecule has 0 saturated heterocycles. The first kappa shape index (κ1) is 18.9. The van der Waals surface area contributed by atoms with E-state index in [4.69, 9.17) is 4.74 Å². The predicted molar refractivity (Wildman–Crippen MR) is 94.4 cm³/mol. The van der Waals surface area contributed by atoms with E-state index in [0.29, 0.717) is 31.3 Å². The van der Waals surface area contributed by atoms with Crippen molar-refractivity contribution in [2.24, 2.45) is 5.92 Å². The Balaban J connectivity index is 2.30. The molecule has 1 aliphatic carbocycles. The van der Waals surface area contributed by atoms with Crippen molar-refractivity contribution in [3.8, 4) is 0 Å². The molecule has 3 atom stereocenters. The Kier molecular flexibility index (Phi) is 5.71. The van der Waals surface area contributed by atoms with Gasteiger partial charge in [0, 0.05) is 12.0 Å². The molecule has 0 aromatic heterocycles. The fraction of sp³-hybridized carbons (Fsp3) is 0.650. The third-order valence-corrected chi connectivity index (χ3v) is 5.10. The lowest BCUT2D eigenvalue weighted by atomic mass is 9.82. The maximum Gasteiger partial charge on any atom is 0.334 e. The maximum atomic E-state index is 12.0. The highest BCUT2D eigenvalue weighted by Crippen LogP contribution is 2.31. The molecule has 2 aliphatic rings. The fourth-order valence-corrected chi connectivity index (χ4v) is 3.14. The molecule has 2 rings (SSSR count). The van der Waals surface area contributed by atoms with Crippen molar-refractivity contribution in [2.75, 3.05) is 0 Å². The molecule has 0 saturated carbocycles. The fourth-order valence-electron chi connectivity index (χ4n) is 3.14. The molecule has 0 spiro atoms. The molecule has 0 fully saturated rings. The van der Waals surface area contributed by atoms with Crippen molar-refractivity contribution in [3.05, 3.63) is 35.5 Å². The van der Waals surface area contributed by atoms with E-state index in [9.17, 15) is 15.0 Å². The van der Waals surface area contributed by atoms with Crippen molar-refractivity contribution < 1.29 is 19.7 Å². The third-order valence-electron chi connectivity index (χ3n) is 5.10. The lowest BCUT2D eigenvalue weighted by Crippen LogP contribution is -2.34. The van der Waals surface area contributed by atoms with Crippen LogP contribution in [0.15, 0.2) is 35.5 Å². The number of aliphatic hydroxyl groups is 2. The Labute approximate surface area is 144 Å². The summed E-state index contributed by atoms with van der Waals surface area (Å²) in [4.78, 5) is 12.0. The Hall–Kier alpha value is -1.39. The van der Waals surface area contributed by atoms with Crippen LogP contribution in [-0.4, -0.2) is 33.5 Å². The van der Waals surface area contributed by atoms with Crippen LogP contribution in [0.5, 0.6) is 0 Å². The smallest absolute Gasteiger partial charge is 0.334 e. The quantitative estimate of drug-likeness (QED) is 0.569. The second kappa shape index (κ2) is 7.24. The van der Waals surface area contributed by atoms with Gasteiger partial charge >= 0.3 is 5.97 Å². The first-order valence-corrected chi connectivity index (χ1v) is 8.84. The molecule has 0 amide bonds. The minimum Gasteiger partial charge on any atom is -0.454 e. The molecule has 24 heavy (non-hydrogen) atoms. The number of hydrogen-bond acceptors (Lipinski definition) is 4. The summed E-state index contributed by atoms with van der Waals surface area (Å²) in [5.74, 6) is -0.293. The standard InChI is InChI=1S/C20H30O4/c1-14(2)20(23)9-7-16-13-17(24-18(16)21)12-15(3)6-5-8-19(4,22)10-11-20/h6,10-11,13-14,17,22-23H,5,7-9,12H2,1-4H3/b11-10+,15-6+/t17-,19+,20+/m0/s1. The summed E-state index contributed by atoms with van der Waals surface area (Å²) in [7, 11) is 0. The topological polar surface area (TPSA) is 66.8 Å². The maximum absolute atomic E-state index is 12.0. The zero-order chi connectivity index (χ0) is 18.0. The molecule has 134 valence electrons. The van der Waals surface area contributed by atoms with Gasteiger partial charge in [-0.3, -0.25) is 0 Å². The van der Waals surface area contributed by atoms with Crippen LogP contribution >= 0.6 is 0 Å². The number of carbonyl (C=O) groups is 1. The van der Waals surface area contributed by atoms with E-state index in [-0.39, 0.29) is 18.0 Å². The molecule has 0 aromatic carbocycles. The summed E-state index contributed by atoms with van der Waals surface area (Å²) in [5.41, 5.74) is -0.224. The number of esters is 1. The van der Waals surface area contributed by atoms with Gasteiger partial charge in [0.05, 0.1) is 11.2 Å². The molecule has 2 N–H and O–H groups in total. The first-order chi connectivity index (χ1) is 11.1. The summed E-state index contributed by atoms with van der Waals surface area (Å²) in [6.45, 7) is 7.67. The summed E-state index contributed by atoms with van der Waals surface area (Å²) in [5, 5.41) is 21.5. The highest BCUT2D eigenvalue weighted by molar-refractivity contribution is 5.90. The van der Waals surface area contributed by atoms with Gasteiger partial charge in [-0.1, -0.05) is 37.6 Å². The minimum atomic E-state index is -1.06. The van der Waals surface area contributed by atoms with Gasteiger partial charge < -0.3 is 14.9 Å². The van der Waals surface area contributed by atoms with Gasteiger partial charge in [0.2, 0.25) is 0 Å². The van der Waals surface area contributed by atoms with Crippen molar-refractivity contribution in [3.63, 3.8) is 0 Å². The van der Waals surface area contributed by atoms with E-state index >= 15 is 0 Å². The highest BCUT2D eigenvalue weighted by Gasteiger charge is 2.32. The molecule has 4 heteroatoms. The lowest BCUT2D eigenvalue weighted by molar-refractivity contribution is -0.139. The summed E-state index contributed by atoms with van der Waals surface area (Å²) in [6, 6.07) is 0. The highest BCUT2D eigenvalue weighted by atomic mass is 16.5. The van der Waals surface area contributed by atoms with Crippen LogP contribution in [0, 0.1) is 5.92 Å². The summed E-state index contributed by atoms with van der Waals surface area (Å²) >= 11 is 0. The molecular formula is C20H30O4.